The maximum atomic E-state index is 11.8. The zero-order valence-corrected chi connectivity index (χ0v) is 9.24. The zero-order valence-electron chi connectivity index (χ0n) is 9.24. The van der Waals surface area contributed by atoms with Gasteiger partial charge in [0.05, 0.1) is 18.1 Å². The number of aliphatic hydroxyl groups is 1. The molecule has 2 aliphatic rings. The predicted octanol–water partition coefficient (Wildman–Crippen LogP) is 0.539. The van der Waals surface area contributed by atoms with E-state index in [0.29, 0.717) is 25.9 Å². The molecular weight excluding hydrogens is 194 g/mol. The second-order valence-electron chi connectivity index (χ2n) is 4.90. The lowest BCUT2D eigenvalue weighted by Gasteiger charge is -2.20. The van der Waals surface area contributed by atoms with Crippen molar-refractivity contribution in [1.29, 1.82) is 0 Å². The van der Waals surface area contributed by atoms with Gasteiger partial charge < -0.3 is 14.7 Å². The van der Waals surface area contributed by atoms with Crippen molar-refractivity contribution in [3.8, 4) is 0 Å². The minimum atomic E-state index is -0.688. The van der Waals surface area contributed by atoms with E-state index in [1.54, 1.807) is 11.8 Å². The third-order valence-electron chi connectivity index (χ3n) is 3.23. The summed E-state index contributed by atoms with van der Waals surface area (Å²) >= 11 is 0. The molecule has 0 spiro atoms. The van der Waals surface area contributed by atoms with Crippen molar-refractivity contribution in [3.05, 3.63) is 0 Å². The van der Waals surface area contributed by atoms with E-state index in [4.69, 9.17) is 4.74 Å². The lowest BCUT2D eigenvalue weighted by Crippen LogP contribution is -2.35. The Morgan fingerprint density at radius 3 is 3.00 bits per heavy atom. The number of ether oxygens (including phenoxy) is 1. The van der Waals surface area contributed by atoms with Crippen LogP contribution in [0.4, 0.5) is 0 Å². The van der Waals surface area contributed by atoms with E-state index in [1.165, 1.54) is 0 Å². The Bertz CT molecular complexity index is 246. The van der Waals surface area contributed by atoms with Gasteiger partial charge >= 0.3 is 0 Å². The minimum absolute atomic E-state index is 0.114. The number of nitrogens with zero attached hydrogens (tertiary/aromatic N) is 1. The summed E-state index contributed by atoms with van der Waals surface area (Å²) in [5.41, 5.74) is -0.688. The van der Waals surface area contributed by atoms with Crippen LogP contribution in [0, 0.1) is 0 Å². The maximum absolute atomic E-state index is 11.8. The normalized spacial score (nSPS) is 36.1. The van der Waals surface area contributed by atoms with Gasteiger partial charge in [0.15, 0.2) is 0 Å². The number of likely N-dealkylation sites (tertiary alicyclic amines) is 1. The molecule has 2 unspecified atom stereocenters. The first-order chi connectivity index (χ1) is 7.07. The molecule has 0 aromatic heterocycles. The van der Waals surface area contributed by atoms with Gasteiger partial charge in [-0.3, -0.25) is 4.79 Å². The van der Waals surface area contributed by atoms with Gasteiger partial charge in [0.25, 0.3) is 0 Å². The van der Waals surface area contributed by atoms with Gasteiger partial charge in [0, 0.05) is 19.7 Å². The summed E-state index contributed by atoms with van der Waals surface area (Å²) in [7, 11) is 0. The van der Waals surface area contributed by atoms with Crippen LogP contribution in [-0.2, 0) is 9.53 Å². The fourth-order valence-corrected chi connectivity index (χ4v) is 2.29. The molecule has 0 bridgehead atoms. The van der Waals surface area contributed by atoms with E-state index in [9.17, 15) is 9.90 Å². The Hall–Kier alpha value is -0.610. The van der Waals surface area contributed by atoms with E-state index in [2.05, 4.69) is 0 Å². The molecular formula is C11H19NO3. The van der Waals surface area contributed by atoms with Crippen LogP contribution in [0.2, 0.25) is 0 Å². The highest BCUT2D eigenvalue weighted by atomic mass is 16.5. The van der Waals surface area contributed by atoms with Crippen molar-refractivity contribution in [1.82, 2.24) is 4.90 Å². The minimum Gasteiger partial charge on any atom is -0.388 e. The SMILES string of the molecule is CC1(O)CCN(C(=O)CC2CCCO2)C1. The molecule has 0 radical (unpaired) electrons. The summed E-state index contributed by atoms with van der Waals surface area (Å²) in [6.45, 7) is 3.72. The fourth-order valence-electron chi connectivity index (χ4n) is 2.29. The molecule has 4 heteroatoms. The van der Waals surface area contributed by atoms with Gasteiger partial charge in [0.2, 0.25) is 5.91 Å². The predicted molar refractivity (Wildman–Crippen MR) is 55.4 cm³/mol. The Morgan fingerprint density at radius 1 is 1.67 bits per heavy atom. The highest BCUT2D eigenvalue weighted by Gasteiger charge is 2.34. The number of amides is 1. The van der Waals surface area contributed by atoms with Crippen LogP contribution in [0.15, 0.2) is 0 Å². The molecule has 1 amide bonds. The van der Waals surface area contributed by atoms with Gasteiger partial charge in [-0.2, -0.15) is 0 Å². The number of hydrogen-bond donors (Lipinski definition) is 1. The Morgan fingerprint density at radius 2 is 2.47 bits per heavy atom. The molecule has 0 aromatic rings. The molecule has 86 valence electrons. The van der Waals surface area contributed by atoms with E-state index in [-0.39, 0.29) is 12.0 Å². The fraction of sp³-hybridized carbons (Fsp3) is 0.909. The molecule has 4 nitrogen and oxygen atoms in total. The van der Waals surface area contributed by atoms with Gasteiger partial charge in [-0.1, -0.05) is 0 Å². The van der Waals surface area contributed by atoms with Crippen molar-refractivity contribution < 1.29 is 14.6 Å². The van der Waals surface area contributed by atoms with Crippen LogP contribution in [0.5, 0.6) is 0 Å². The number of rotatable bonds is 2. The summed E-state index contributed by atoms with van der Waals surface area (Å²) in [6, 6.07) is 0. The molecule has 2 rings (SSSR count). The standard InChI is InChI=1S/C11H19NO3/c1-11(14)4-5-12(8-11)10(13)7-9-3-2-6-15-9/h9,14H,2-8H2,1H3. The van der Waals surface area contributed by atoms with Crippen molar-refractivity contribution in [2.45, 2.75) is 44.3 Å². The van der Waals surface area contributed by atoms with E-state index < -0.39 is 5.60 Å². The zero-order chi connectivity index (χ0) is 10.9. The van der Waals surface area contributed by atoms with E-state index in [0.717, 1.165) is 19.4 Å². The van der Waals surface area contributed by atoms with Gasteiger partial charge in [0.1, 0.15) is 0 Å². The lowest BCUT2D eigenvalue weighted by atomic mass is 10.1. The van der Waals surface area contributed by atoms with E-state index in [1.807, 2.05) is 0 Å². The van der Waals surface area contributed by atoms with Crippen LogP contribution in [-0.4, -0.2) is 47.3 Å². The van der Waals surface area contributed by atoms with Crippen LogP contribution in [0.3, 0.4) is 0 Å². The van der Waals surface area contributed by atoms with Crippen molar-refractivity contribution in [2.24, 2.45) is 0 Å². The maximum Gasteiger partial charge on any atom is 0.225 e. The summed E-state index contributed by atoms with van der Waals surface area (Å²) in [5.74, 6) is 0.125. The molecule has 2 fully saturated rings. The smallest absolute Gasteiger partial charge is 0.225 e. The lowest BCUT2D eigenvalue weighted by molar-refractivity contribution is -0.133. The monoisotopic (exact) mass is 213 g/mol. The first-order valence-corrected chi connectivity index (χ1v) is 5.69. The quantitative estimate of drug-likeness (QED) is 0.728. The second kappa shape index (κ2) is 4.10. The molecule has 0 saturated carbocycles. The first kappa shape index (κ1) is 10.9. The van der Waals surface area contributed by atoms with Crippen LogP contribution in [0.25, 0.3) is 0 Å². The summed E-state index contributed by atoms with van der Waals surface area (Å²) in [4.78, 5) is 13.6. The van der Waals surface area contributed by atoms with Gasteiger partial charge in [-0.05, 0) is 26.2 Å². The molecule has 2 saturated heterocycles. The summed E-state index contributed by atoms with van der Waals surface area (Å²) < 4.78 is 5.43. The Balaban J connectivity index is 1.81. The van der Waals surface area contributed by atoms with Crippen LogP contribution in [0.1, 0.15) is 32.6 Å². The van der Waals surface area contributed by atoms with Crippen molar-refractivity contribution >= 4 is 5.91 Å². The Labute approximate surface area is 90.2 Å². The first-order valence-electron chi connectivity index (χ1n) is 5.69. The third-order valence-corrected chi connectivity index (χ3v) is 3.23. The Kier molecular flexibility index (Phi) is 2.98. The van der Waals surface area contributed by atoms with Gasteiger partial charge in [-0.25, -0.2) is 0 Å². The number of carbonyl (C=O) groups is 1. The molecule has 0 aliphatic carbocycles. The van der Waals surface area contributed by atoms with Crippen molar-refractivity contribution in [3.63, 3.8) is 0 Å². The second-order valence-corrected chi connectivity index (χ2v) is 4.90. The molecule has 1 N–H and O–H groups in total. The third kappa shape index (κ3) is 2.69. The molecule has 2 heterocycles. The van der Waals surface area contributed by atoms with Crippen LogP contribution >= 0.6 is 0 Å². The van der Waals surface area contributed by atoms with Gasteiger partial charge in [-0.15, -0.1) is 0 Å². The van der Waals surface area contributed by atoms with E-state index >= 15 is 0 Å². The molecule has 0 aromatic carbocycles. The number of β-amino-alcohol motifs (C(OH)–C–C–N with tert-alkyl or cyclic N) is 1. The average Bonchev–Trinajstić information content (AvgIpc) is 2.74. The highest BCUT2D eigenvalue weighted by molar-refractivity contribution is 5.77. The molecule has 2 atom stereocenters. The molecule has 15 heavy (non-hydrogen) atoms. The highest BCUT2D eigenvalue weighted by Crippen LogP contribution is 2.23. The topological polar surface area (TPSA) is 49.8 Å². The van der Waals surface area contributed by atoms with Crippen molar-refractivity contribution in [2.75, 3.05) is 19.7 Å². The average molecular weight is 213 g/mol. The number of carbonyl (C=O) groups excluding carboxylic acids is 1. The van der Waals surface area contributed by atoms with Crippen LogP contribution < -0.4 is 0 Å². The summed E-state index contributed by atoms with van der Waals surface area (Å²) in [5, 5.41) is 9.75. The largest absolute Gasteiger partial charge is 0.388 e. The molecule has 2 aliphatic heterocycles. The summed E-state index contributed by atoms with van der Waals surface area (Å²) in [6.07, 6.45) is 3.34. The number of hydrogen-bond acceptors (Lipinski definition) is 3.